The molecule has 0 radical (unpaired) electrons. The van der Waals surface area contributed by atoms with Crippen LogP contribution in [0, 0.1) is 5.41 Å². The summed E-state index contributed by atoms with van der Waals surface area (Å²) in [4.78, 5) is 31.6. The zero-order valence-electron chi connectivity index (χ0n) is 16.7. The van der Waals surface area contributed by atoms with Crippen LogP contribution >= 0.6 is 11.3 Å². The normalized spacial score (nSPS) is 12.1. The molecule has 1 aromatic heterocycles. The number of methoxy groups -OCH3 is 1. The van der Waals surface area contributed by atoms with Gasteiger partial charge in [0.05, 0.1) is 12.5 Å². The Morgan fingerprint density at radius 1 is 1.07 bits per heavy atom. The Morgan fingerprint density at radius 3 is 2.30 bits per heavy atom. The first kappa shape index (κ1) is 21.4. The van der Waals surface area contributed by atoms with Gasteiger partial charge < -0.3 is 10.1 Å². The van der Waals surface area contributed by atoms with E-state index in [-0.39, 0.29) is 22.7 Å². The predicted octanol–water partition coefficient (Wildman–Crippen LogP) is 4.99. The summed E-state index contributed by atoms with van der Waals surface area (Å²) in [6.07, 6.45) is 0. The molecule has 8 heteroatoms. The van der Waals surface area contributed by atoms with Crippen LogP contribution in [0.4, 0.5) is 9.66 Å². The third-order valence-corrected chi connectivity index (χ3v) is 5.65. The van der Waals surface area contributed by atoms with Crippen molar-refractivity contribution < 1.29 is 23.8 Å². The molecule has 1 N–H and O–H groups in total. The molecule has 0 saturated carbocycles. The summed E-state index contributed by atoms with van der Waals surface area (Å²) in [5, 5.41) is 4.25. The first-order valence-corrected chi connectivity index (χ1v) is 10.0. The van der Waals surface area contributed by atoms with Crippen LogP contribution in [-0.4, -0.2) is 24.0 Å². The highest BCUT2D eigenvalue weighted by molar-refractivity contribution is 7.14. The van der Waals surface area contributed by atoms with Gasteiger partial charge in [0.2, 0.25) is 5.91 Å². The summed E-state index contributed by atoms with van der Waals surface area (Å²) in [7, 11) is 1.60. The maximum absolute atomic E-state index is 13.2. The van der Waals surface area contributed by atoms with Crippen LogP contribution < -0.4 is 10.1 Å². The Bertz CT molecular complexity index is 1020. The van der Waals surface area contributed by atoms with E-state index in [1.54, 1.807) is 7.11 Å². The number of hydrogen-bond acceptors (Lipinski definition) is 6. The van der Waals surface area contributed by atoms with Crippen molar-refractivity contribution in [2.45, 2.75) is 19.8 Å². The van der Waals surface area contributed by atoms with Gasteiger partial charge in [-0.2, -0.15) is 0 Å². The lowest BCUT2D eigenvalue weighted by Crippen LogP contribution is -2.37. The number of amides is 1. The summed E-state index contributed by atoms with van der Waals surface area (Å²) < 4.78 is 17.3. The number of ether oxygens (including phenoxy) is 1. The Kier molecular flexibility index (Phi) is 6.47. The van der Waals surface area contributed by atoms with Gasteiger partial charge in [0.15, 0.2) is 10.8 Å². The third kappa shape index (κ3) is 4.49. The molecule has 0 bridgehead atoms. The second kappa shape index (κ2) is 9.04. The van der Waals surface area contributed by atoms with E-state index in [4.69, 9.17) is 4.74 Å². The number of rotatable bonds is 7. The summed E-state index contributed by atoms with van der Waals surface area (Å²) in [6.45, 7) is 3.68. The van der Waals surface area contributed by atoms with Gasteiger partial charge in [0, 0.05) is 15.8 Å². The van der Waals surface area contributed by atoms with Crippen molar-refractivity contribution >= 4 is 28.3 Å². The number of thiazole rings is 1. The van der Waals surface area contributed by atoms with Gasteiger partial charge in [-0.15, -0.1) is 11.3 Å². The van der Waals surface area contributed by atoms with E-state index >= 15 is 0 Å². The maximum atomic E-state index is 13.2. The standard InChI is InChI=1S/C22H21FN2O4S/c1-22(2,20(27)25-21-24-17(13-30-21)19(26)29-23)18(14-7-5-4-6-8-14)15-9-11-16(28-3)12-10-15/h4-13,18H,1-3H3,(H,24,25,27). The fourth-order valence-electron chi connectivity index (χ4n) is 3.32. The van der Waals surface area contributed by atoms with Crippen LogP contribution in [0.15, 0.2) is 60.0 Å². The van der Waals surface area contributed by atoms with Crippen LogP contribution in [0.3, 0.4) is 0 Å². The Morgan fingerprint density at radius 2 is 1.70 bits per heavy atom. The molecular weight excluding hydrogens is 407 g/mol. The second-order valence-electron chi connectivity index (χ2n) is 7.20. The van der Waals surface area contributed by atoms with Crippen molar-refractivity contribution in [3.63, 3.8) is 0 Å². The van der Waals surface area contributed by atoms with E-state index in [1.807, 2.05) is 68.4 Å². The number of carbonyl (C=O) groups is 2. The molecule has 1 atom stereocenters. The van der Waals surface area contributed by atoms with Crippen LogP contribution in [0.5, 0.6) is 5.75 Å². The quantitative estimate of drug-likeness (QED) is 0.574. The van der Waals surface area contributed by atoms with Crippen molar-refractivity contribution in [2.24, 2.45) is 5.41 Å². The molecule has 0 saturated heterocycles. The molecule has 3 rings (SSSR count). The van der Waals surface area contributed by atoms with Gasteiger partial charge in [-0.05, 0) is 23.3 Å². The molecule has 1 unspecified atom stereocenters. The fourth-order valence-corrected chi connectivity index (χ4v) is 4.00. The fraction of sp³-hybridized carbons (Fsp3) is 0.227. The summed E-state index contributed by atoms with van der Waals surface area (Å²) in [5.74, 6) is -1.03. The zero-order chi connectivity index (χ0) is 21.7. The summed E-state index contributed by atoms with van der Waals surface area (Å²) in [6, 6.07) is 17.3. The first-order chi connectivity index (χ1) is 14.4. The molecule has 0 aliphatic rings. The molecule has 3 aromatic rings. The van der Waals surface area contributed by atoms with Crippen LogP contribution in [0.1, 0.15) is 41.4 Å². The van der Waals surface area contributed by atoms with Crippen molar-refractivity contribution in [1.82, 2.24) is 4.98 Å². The van der Waals surface area contributed by atoms with Gasteiger partial charge in [0.1, 0.15) is 5.75 Å². The number of nitrogens with one attached hydrogen (secondary N) is 1. The molecule has 156 valence electrons. The summed E-state index contributed by atoms with van der Waals surface area (Å²) in [5.41, 5.74) is 0.833. The minimum Gasteiger partial charge on any atom is -0.497 e. The molecule has 2 aromatic carbocycles. The average molecular weight is 428 g/mol. The Balaban J connectivity index is 1.93. The maximum Gasteiger partial charge on any atom is 0.398 e. The number of anilines is 1. The number of hydrogen-bond donors (Lipinski definition) is 1. The molecular formula is C22H21FN2O4S. The van der Waals surface area contributed by atoms with Crippen LogP contribution in [0.2, 0.25) is 0 Å². The number of nitrogens with zero attached hydrogens (tertiary/aromatic N) is 1. The number of aromatic nitrogens is 1. The van der Waals surface area contributed by atoms with Crippen LogP contribution in [0.25, 0.3) is 0 Å². The minimum absolute atomic E-state index is 0.190. The highest BCUT2D eigenvalue weighted by atomic mass is 32.1. The van der Waals surface area contributed by atoms with Gasteiger partial charge in [0.25, 0.3) is 0 Å². The topological polar surface area (TPSA) is 77.5 Å². The average Bonchev–Trinajstić information content (AvgIpc) is 3.23. The monoisotopic (exact) mass is 428 g/mol. The largest absolute Gasteiger partial charge is 0.497 e. The molecule has 6 nitrogen and oxygen atoms in total. The lowest BCUT2D eigenvalue weighted by atomic mass is 9.70. The van der Waals surface area contributed by atoms with Gasteiger partial charge in [-0.3, -0.25) is 4.79 Å². The van der Waals surface area contributed by atoms with Gasteiger partial charge in [-0.25, -0.2) is 14.7 Å². The van der Waals surface area contributed by atoms with Crippen LogP contribution in [-0.2, 0) is 9.74 Å². The minimum atomic E-state index is -1.20. The molecule has 30 heavy (non-hydrogen) atoms. The summed E-state index contributed by atoms with van der Waals surface area (Å²) >= 11 is 1.02. The van der Waals surface area contributed by atoms with E-state index in [9.17, 15) is 14.1 Å². The number of halogens is 1. The second-order valence-corrected chi connectivity index (χ2v) is 8.05. The van der Waals surface area contributed by atoms with Crippen molar-refractivity contribution in [3.8, 4) is 5.75 Å². The van der Waals surface area contributed by atoms with E-state index in [1.165, 1.54) is 5.38 Å². The molecule has 0 aliphatic heterocycles. The zero-order valence-corrected chi connectivity index (χ0v) is 17.5. The highest BCUT2D eigenvalue weighted by Gasteiger charge is 2.39. The Hall–Kier alpha value is -3.26. The SMILES string of the molecule is COc1ccc(C(c2ccccc2)C(C)(C)C(=O)Nc2nc(C(=O)OF)cs2)cc1. The van der Waals surface area contributed by atoms with Crippen molar-refractivity contribution in [2.75, 3.05) is 12.4 Å². The number of carbonyl (C=O) groups excluding carboxylic acids is 2. The lowest BCUT2D eigenvalue weighted by Gasteiger charge is -2.33. The highest BCUT2D eigenvalue weighted by Crippen LogP contribution is 2.42. The van der Waals surface area contributed by atoms with E-state index in [0.29, 0.717) is 0 Å². The molecule has 0 spiro atoms. The first-order valence-electron chi connectivity index (χ1n) is 9.15. The molecule has 0 fully saturated rings. The third-order valence-electron chi connectivity index (χ3n) is 4.89. The van der Waals surface area contributed by atoms with Crippen molar-refractivity contribution in [3.05, 3.63) is 76.8 Å². The van der Waals surface area contributed by atoms with E-state index in [2.05, 4.69) is 15.2 Å². The molecule has 1 amide bonds. The number of benzene rings is 2. The lowest BCUT2D eigenvalue weighted by molar-refractivity contribution is -0.124. The smallest absolute Gasteiger partial charge is 0.398 e. The van der Waals surface area contributed by atoms with E-state index < -0.39 is 11.4 Å². The van der Waals surface area contributed by atoms with E-state index in [0.717, 1.165) is 28.2 Å². The Labute approximate surface area is 177 Å². The predicted molar refractivity (Wildman–Crippen MR) is 112 cm³/mol. The van der Waals surface area contributed by atoms with Gasteiger partial charge >= 0.3 is 5.97 Å². The van der Waals surface area contributed by atoms with Crippen molar-refractivity contribution in [1.29, 1.82) is 0 Å². The van der Waals surface area contributed by atoms with Gasteiger partial charge in [-0.1, -0.05) is 56.3 Å². The molecule has 0 aliphatic carbocycles. The molecule has 1 heterocycles.